The largest absolute Gasteiger partial charge is 0.506 e. The Bertz CT molecular complexity index is 688. The van der Waals surface area contributed by atoms with E-state index in [4.69, 9.17) is 5.11 Å². The number of hydrogen-bond acceptors (Lipinski definition) is 4. The van der Waals surface area contributed by atoms with Crippen molar-refractivity contribution in [3.05, 3.63) is 53.6 Å². The molecule has 3 N–H and O–H groups in total. The van der Waals surface area contributed by atoms with Gasteiger partial charge in [0.2, 0.25) is 5.95 Å². The number of carboxylic acid groups (broad SMARTS) is 1. The van der Waals surface area contributed by atoms with Gasteiger partial charge in [-0.1, -0.05) is 0 Å². The van der Waals surface area contributed by atoms with Gasteiger partial charge in [0, 0.05) is 6.20 Å². The molecule has 7 heteroatoms. The van der Waals surface area contributed by atoms with Gasteiger partial charge < -0.3 is 15.5 Å². The van der Waals surface area contributed by atoms with Gasteiger partial charge in [-0.15, -0.1) is 0 Å². The maximum atomic E-state index is 13.3. The average Bonchev–Trinajstić information content (AvgIpc) is 2.41. The number of phenolic OH excluding ortho intramolecular Hbond substituents is 1. The summed E-state index contributed by atoms with van der Waals surface area (Å²) in [5.41, 5.74) is -0.439. The number of hydrogen-bond donors (Lipinski definition) is 3. The van der Waals surface area contributed by atoms with Gasteiger partial charge in [-0.25, -0.2) is 9.78 Å². The molecule has 0 radical (unpaired) electrons. The summed E-state index contributed by atoms with van der Waals surface area (Å²) in [4.78, 5) is 25.8. The molecule has 2 aromatic rings. The molecule has 0 spiro atoms. The fraction of sp³-hybridized carbons (Fsp3) is 0. The minimum Gasteiger partial charge on any atom is -0.506 e. The number of aromatic hydroxyl groups is 1. The highest BCUT2D eigenvalue weighted by Crippen LogP contribution is 2.25. The third-order valence-corrected chi connectivity index (χ3v) is 2.50. The summed E-state index contributed by atoms with van der Waals surface area (Å²) in [6.45, 7) is 0. The number of nitrogens with zero attached hydrogens (tertiary/aromatic N) is 1. The first-order chi connectivity index (χ1) is 9.49. The molecule has 0 aliphatic carbocycles. The molecule has 1 heterocycles. The van der Waals surface area contributed by atoms with Crippen LogP contribution in [0.2, 0.25) is 0 Å². The maximum Gasteiger partial charge on any atom is 0.335 e. The lowest BCUT2D eigenvalue weighted by Crippen LogP contribution is -2.14. The van der Waals surface area contributed by atoms with E-state index < -0.39 is 23.6 Å². The number of rotatable bonds is 3. The second kappa shape index (κ2) is 5.35. The number of phenols is 1. The van der Waals surface area contributed by atoms with Gasteiger partial charge in [0.1, 0.15) is 5.75 Å². The van der Waals surface area contributed by atoms with E-state index in [0.29, 0.717) is 0 Å². The van der Waals surface area contributed by atoms with E-state index in [2.05, 4.69) is 10.3 Å². The van der Waals surface area contributed by atoms with Crippen LogP contribution in [0.3, 0.4) is 0 Å². The van der Waals surface area contributed by atoms with E-state index in [1.165, 1.54) is 30.5 Å². The first-order valence-electron chi connectivity index (χ1n) is 5.47. The highest BCUT2D eigenvalue weighted by atomic mass is 19.1. The zero-order chi connectivity index (χ0) is 14.7. The van der Waals surface area contributed by atoms with Crippen molar-refractivity contribution in [1.29, 1.82) is 0 Å². The molecule has 1 aromatic carbocycles. The van der Waals surface area contributed by atoms with Gasteiger partial charge in [0.05, 0.1) is 16.8 Å². The van der Waals surface area contributed by atoms with E-state index in [1.54, 1.807) is 0 Å². The molecule has 0 fully saturated rings. The summed E-state index contributed by atoms with van der Waals surface area (Å²) in [5, 5.41) is 20.6. The maximum absolute atomic E-state index is 13.3. The fourth-order valence-electron chi connectivity index (χ4n) is 1.52. The predicted molar refractivity (Wildman–Crippen MR) is 67.2 cm³/mol. The normalized spacial score (nSPS) is 10.1. The number of carboxylic acids is 1. The molecule has 0 unspecified atom stereocenters. The second-order valence-electron chi connectivity index (χ2n) is 3.83. The summed E-state index contributed by atoms with van der Waals surface area (Å²) >= 11 is 0. The van der Waals surface area contributed by atoms with Gasteiger partial charge in [-0.2, -0.15) is 4.39 Å². The van der Waals surface area contributed by atoms with Crippen molar-refractivity contribution in [3.63, 3.8) is 0 Å². The number of aromatic nitrogens is 1. The van der Waals surface area contributed by atoms with Crippen molar-refractivity contribution in [2.45, 2.75) is 0 Å². The lowest BCUT2D eigenvalue weighted by Gasteiger charge is -2.08. The second-order valence-corrected chi connectivity index (χ2v) is 3.83. The van der Waals surface area contributed by atoms with Crippen molar-refractivity contribution in [2.75, 3.05) is 5.32 Å². The lowest BCUT2D eigenvalue weighted by atomic mass is 10.2. The Morgan fingerprint density at radius 1 is 1.25 bits per heavy atom. The van der Waals surface area contributed by atoms with Crippen LogP contribution in [0.15, 0.2) is 36.5 Å². The fourth-order valence-corrected chi connectivity index (χ4v) is 1.52. The molecular weight excluding hydrogens is 267 g/mol. The Morgan fingerprint density at radius 2 is 2.00 bits per heavy atom. The molecule has 0 bridgehead atoms. The minimum atomic E-state index is -1.21. The Labute approximate surface area is 112 Å². The van der Waals surface area contributed by atoms with Crippen molar-refractivity contribution in [2.24, 2.45) is 0 Å². The number of anilines is 1. The highest BCUT2D eigenvalue weighted by molar-refractivity contribution is 6.05. The first kappa shape index (κ1) is 13.5. The molecule has 0 saturated carbocycles. The number of carbonyl (C=O) groups is 2. The third kappa shape index (κ3) is 2.72. The monoisotopic (exact) mass is 276 g/mol. The van der Waals surface area contributed by atoms with E-state index >= 15 is 0 Å². The van der Waals surface area contributed by atoms with E-state index in [-0.39, 0.29) is 16.8 Å². The number of halogens is 1. The van der Waals surface area contributed by atoms with Gasteiger partial charge in [-0.3, -0.25) is 4.79 Å². The zero-order valence-electron chi connectivity index (χ0n) is 10.0. The van der Waals surface area contributed by atoms with Gasteiger partial charge in [0.15, 0.2) is 0 Å². The Hall–Kier alpha value is -2.96. The van der Waals surface area contributed by atoms with Crippen LogP contribution in [0, 0.1) is 5.95 Å². The smallest absolute Gasteiger partial charge is 0.335 e. The van der Waals surface area contributed by atoms with Crippen molar-refractivity contribution in [3.8, 4) is 5.75 Å². The zero-order valence-corrected chi connectivity index (χ0v) is 10.0. The van der Waals surface area contributed by atoms with Gasteiger partial charge in [0.25, 0.3) is 5.91 Å². The van der Waals surface area contributed by atoms with Gasteiger partial charge >= 0.3 is 5.97 Å². The van der Waals surface area contributed by atoms with Crippen LogP contribution in [0.1, 0.15) is 20.7 Å². The predicted octanol–water partition coefficient (Wildman–Crippen LogP) is 1.88. The minimum absolute atomic E-state index is 0.0248. The Kier molecular flexibility index (Phi) is 3.60. The molecule has 6 nitrogen and oxygen atoms in total. The number of benzene rings is 1. The quantitative estimate of drug-likeness (QED) is 0.587. The van der Waals surface area contributed by atoms with Crippen LogP contribution in [0.4, 0.5) is 10.1 Å². The first-order valence-corrected chi connectivity index (χ1v) is 5.47. The number of pyridine rings is 1. The number of carbonyl (C=O) groups excluding carboxylic acids is 1. The summed E-state index contributed by atoms with van der Waals surface area (Å²) in [6.07, 6.45) is 1.20. The third-order valence-electron chi connectivity index (χ3n) is 2.50. The Balaban J connectivity index is 2.25. The molecule has 0 aliphatic rings. The standard InChI is InChI=1S/C13H9FN2O4/c14-11-8(2-1-5-15-11)12(18)16-9-4-3-7(13(19)20)6-10(9)17/h1-6,17H,(H,16,18)(H,19,20). The number of amides is 1. The summed E-state index contributed by atoms with van der Waals surface area (Å²) < 4.78 is 13.3. The van der Waals surface area contributed by atoms with Crippen molar-refractivity contribution < 1.29 is 24.2 Å². The molecule has 2 rings (SSSR count). The molecule has 0 aliphatic heterocycles. The molecule has 1 aromatic heterocycles. The molecule has 0 atom stereocenters. The molecule has 20 heavy (non-hydrogen) atoms. The Morgan fingerprint density at radius 3 is 2.60 bits per heavy atom. The molecule has 102 valence electrons. The topological polar surface area (TPSA) is 99.5 Å². The SMILES string of the molecule is O=C(O)c1ccc(NC(=O)c2cccnc2F)c(O)c1. The lowest BCUT2D eigenvalue weighted by molar-refractivity contribution is 0.0696. The van der Waals surface area contributed by atoms with E-state index in [0.717, 1.165) is 6.07 Å². The van der Waals surface area contributed by atoms with Crippen molar-refractivity contribution in [1.82, 2.24) is 4.98 Å². The number of aromatic carboxylic acids is 1. The molecule has 1 amide bonds. The summed E-state index contributed by atoms with van der Waals surface area (Å²) in [5.74, 6) is -3.38. The average molecular weight is 276 g/mol. The van der Waals surface area contributed by atoms with E-state index in [1.807, 2.05) is 0 Å². The van der Waals surface area contributed by atoms with E-state index in [9.17, 15) is 19.1 Å². The van der Waals surface area contributed by atoms with Crippen LogP contribution in [-0.4, -0.2) is 27.1 Å². The van der Waals surface area contributed by atoms with Crippen LogP contribution in [0.5, 0.6) is 5.75 Å². The summed E-state index contributed by atoms with van der Waals surface area (Å²) in [6, 6.07) is 6.03. The van der Waals surface area contributed by atoms with Crippen LogP contribution in [-0.2, 0) is 0 Å². The molecule has 0 saturated heterocycles. The molecular formula is C13H9FN2O4. The summed E-state index contributed by atoms with van der Waals surface area (Å²) in [7, 11) is 0. The van der Waals surface area contributed by atoms with Crippen LogP contribution in [0.25, 0.3) is 0 Å². The van der Waals surface area contributed by atoms with Crippen LogP contribution < -0.4 is 5.32 Å². The highest BCUT2D eigenvalue weighted by Gasteiger charge is 2.15. The van der Waals surface area contributed by atoms with Crippen LogP contribution >= 0.6 is 0 Å². The van der Waals surface area contributed by atoms with Crippen molar-refractivity contribution >= 4 is 17.6 Å². The van der Waals surface area contributed by atoms with Gasteiger partial charge in [-0.05, 0) is 30.3 Å². The number of nitrogens with one attached hydrogen (secondary N) is 1.